The molecule has 2 aliphatic carbocycles. The standard InChI is InChI=1S/C18H27NO/c20-13-15-5-3-4-14(10-15)12-19-18-9-8-16-6-1-2-7-17(16)11-18/h3-5,10,16-20H,1-2,6-9,11-13H2. The largest absolute Gasteiger partial charge is 0.392 e. The molecule has 1 aromatic rings. The predicted molar refractivity (Wildman–Crippen MR) is 82.3 cm³/mol. The third-order valence-electron chi connectivity index (χ3n) is 5.31. The minimum Gasteiger partial charge on any atom is -0.392 e. The van der Waals surface area contributed by atoms with Crippen LogP contribution in [0.5, 0.6) is 0 Å². The topological polar surface area (TPSA) is 32.3 Å². The van der Waals surface area contributed by atoms with Crippen LogP contribution in [0.2, 0.25) is 0 Å². The van der Waals surface area contributed by atoms with Gasteiger partial charge in [0, 0.05) is 12.6 Å². The molecule has 3 rings (SSSR count). The van der Waals surface area contributed by atoms with Gasteiger partial charge in [-0.1, -0.05) is 49.9 Å². The van der Waals surface area contributed by atoms with Gasteiger partial charge in [-0.25, -0.2) is 0 Å². The molecule has 0 radical (unpaired) electrons. The number of rotatable bonds is 4. The normalized spacial score (nSPS) is 29.9. The van der Waals surface area contributed by atoms with Crippen LogP contribution < -0.4 is 5.32 Å². The molecule has 0 bridgehead atoms. The highest BCUT2D eigenvalue weighted by Gasteiger charge is 2.31. The second-order valence-electron chi connectivity index (χ2n) is 6.67. The maximum absolute atomic E-state index is 9.19. The second-order valence-corrected chi connectivity index (χ2v) is 6.67. The van der Waals surface area contributed by atoms with E-state index >= 15 is 0 Å². The van der Waals surface area contributed by atoms with Gasteiger partial charge < -0.3 is 10.4 Å². The van der Waals surface area contributed by atoms with Crippen LogP contribution in [0, 0.1) is 11.8 Å². The van der Waals surface area contributed by atoms with Gasteiger partial charge in [0.15, 0.2) is 0 Å². The minimum absolute atomic E-state index is 0.140. The Kier molecular flexibility index (Phi) is 4.74. The highest BCUT2D eigenvalue weighted by atomic mass is 16.3. The van der Waals surface area contributed by atoms with E-state index in [1.54, 1.807) is 0 Å². The molecule has 0 saturated heterocycles. The highest BCUT2D eigenvalue weighted by Crippen LogP contribution is 2.40. The van der Waals surface area contributed by atoms with Crippen molar-refractivity contribution >= 4 is 0 Å². The van der Waals surface area contributed by atoms with E-state index in [9.17, 15) is 5.11 Å². The summed E-state index contributed by atoms with van der Waals surface area (Å²) in [7, 11) is 0. The summed E-state index contributed by atoms with van der Waals surface area (Å²) in [6.45, 7) is 1.08. The van der Waals surface area contributed by atoms with E-state index in [4.69, 9.17) is 0 Å². The summed E-state index contributed by atoms with van der Waals surface area (Å²) in [5, 5.41) is 12.9. The Hall–Kier alpha value is -0.860. The second kappa shape index (κ2) is 6.73. The zero-order valence-electron chi connectivity index (χ0n) is 12.4. The van der Waals surface area contributed by atoms with E-state index in [2.05, 4.69) is 17.4 Å². The van der Waals surface area contributed by atoms with Crippen molar-refractivity contribution in [2.45, 2.75) is 64.1 Å². The van der Waals surface area contributed by atoms with Gasteiger partial charge in [0.25, 0.3) is 0 Å². The first-order chi connectivity index (χ1) is 9.85. The lowest BCUT2D eigenvalue weighted by Gasteiger charge is -2.39. The fourth-order valence-electron chi connectivity index (χ4n) is 4.16. The molecule has 0 amide bonds. The molecular formula is C18H27NO. The Bertz CT molecular complexity index is 431. The van der Waals surface area contributed by atoms with E-state index < -0.39 is 0 Å². The average molecular weight is 273 g/mol. The van der Waals surface area contributed by atoms with Gasteiger partial charge in [0.2, 0.25) is 0 Å². The first kappa shape index (κ1) is 14.1. The Balaban J connectivity index is 1.51. The van der Waals surface area contributed by atoms with Crippen LogP contribution in [0.4, 0.5) is 0 Å². The molecule has 2 saturated carbocycles. The SMILES string of the molecule is OCc1cccc(CNC2CCC3CCCCC3C2)c1. The van der Waals surface area contributed by atoms with Gasteiger partial charge in [-0.15, -0.1) is 0 Å². The zero-order valence-corrected chi connectivity index (χ0v) is 12.4. The molecule has 2 heteroatoms. The van der Waals surface area contributed by atoms with E-state index in [1.807, 2.05) is 12.1 Å². The smallest absolute Gasteiger partial charge is 0.0681 e. The third kappa shape index (κ3) is 3.42. The Labute approximate surface area is 122 Å². The summed E-state index contributed by atoms with van der Waals surface area (Å²) in [5.41, 5.74) is 2.31. The zero-order chi connectivity index (χ0) is 13.8. The molecular weight excluding hydrogens is 246 g/mol. The molecule has 0 aromatic heterocycles. The summed E-state index contributed by atoms with van der Waals surface area (Å²) < 4.78 is 0. The third-order valence-corrected chi connectivity index (χ3v) is 5.31. The lowest BCUT2D eigenvalue weighted by molar-refractivity contribution is 0.143. The average Bonchev–Trinajstić information content (AvgIpc) is 2.53. The summed E-state index contributed by atoms with van der Waals surface area (Å²) in [6.07, 6.45) is 10.0. The molecule has 2 N–H and O–H groups in total. The van der Waals surface area contributed by atoms with Crippen molar-refractivity contribution in [1.29, 1.82) is 0 Å². The van der Waals surface area contributed by atoms with Crippen LogP contribution in [-0.4, -0.2) is 11.1 Å². The minimum atomic E-state index is 0.140. The van der Waals surface area contributed by atoms with Crippen LogP contribution in [0.25, 0.3) is 0 Å². The van der Waals surface area contributed by atoms with Crippen molar-refractivity contribution in [3.8, 4) is 0 Å². The lowest BCUT2D eigenvalue weighted by atomic mass is 9.69. The molecule has 20 heavy (non-hydrogen) atoms. The maximum Gasteiger partial charge on any atom is 0.0681 e. The van der Waals surface area contributed by atoms with Crippen molar-refractivity contribution < 1.29 is 5.11 Å². The van der Waals surface area contributed by atoms with Crippen molar-refractivity contribution in [1.82, 2.24) is 5.32 Å². The summed E-state index contributed by atoms with van der Waals surface area (Å²) in [4.78, 5) is 0. The first-order valence-corrected chi connectivity index (χ1v) is 8.27. The van der Waals surface area contributed by atoms with Gasteiger partial charge >= 0.3 is 0 Å². The molecule has 2 fully saturated rings. The number of benzene rings is 1. The van der Waals surface area contributed by atoms with E-state index in [0.29, 0.717) is 6.04 Å². The van der Waals surface area contributed by atoms with Gasteiger partial charge in [-0.3, -0.25) is 0 Å². The number of hydrogen-bond donors (Lipinski definition) is 2. The van der Waals surface area contributed by atoms with Gasteiger partial charge in [-0.2, -0.15) is 0 Å². The fraction of sp³-hybridized carbons (Fsp3) is 0.667. The number of fused-ring (bicyclic) bond motifs is 1. The predicted octanol–water partition coefficient (Wildman–Crippen LogP) is 3.63. The van der Waals surface area contributed by atoms with Crippen LogP contribution in [-0.2, 0) is 13.2 Å². The Morgan fingerprint density at radius 3 is 2.65 bits per heavy atom. The lowest BCUT2D eigenvalue weighted by Crippen LogP contribution is -2.38. The molecule has 2 nitrogen and oxygen atoms in total. The monoisotopic (exact) mass is 273 g/mol. The van der Waals surface area contributed by atoms with Crippen molar-refractivity contribution in [3.63, 3.8) is 0 Å². The molecule has 0 aliphatic heterocycles. The Morgan fingerprint density at radius 2 is 1.80 bits per heavy atom. The summed E-state index contributed by atoms with van der Waals surface area (Å²) >= 11 is 0. The number of aliphatic hydroxyl groups excluding tert-OH is 1. The van der Waals surface area contributed by atoms with Gasteiger partial charge in [0.05, 0.1) is 6.61 Å². The van der Waals surface area contributed by atoms with Crippen molar-refractivity contribution in [3.05, 3.63) is 35.4 Å². The van der Waals surface area contributed by atoms with Crippen molar-refractivity contribution in [2.75, 3.05) is 0 Å². The van der Waals surface area contributed by atoms with Crippen LogP contribution in [0.1, 0.15) is 56.1 Å². The summed E-state index contributed by atoms with van der Waals surface area (Å²) in [6, 6.07) is 8.99. The van der Waals surface area contributed by atoms with E-state index in [0.717, 1.165) is 23.9 Å². The quantitative estimate of drug-likeness (QED) is 0.878. The van der Waals surface area contributed by atoms with E-state index in [-0.39, 0.29) is 6.61 Å². The van der Waals surface area contributed by atoms with Crippen LogP contribution in [0.3, 0.4) is 0 Å². The number of nitrogens with one attached hydrogen (secondary N) is 1. The van der Waals surface area contributed by atoms with Gasteiger partial charge in [0.1, 0.15) is 0 Å². The van der Waals surface area contributed by atoms with Gasteiger partial charge in [-0.05, 0) is 42.2 Å². The number of aliphatic hydroxyl groups is 1. The molecule has 2 aliphatic rings. The molecule has 0 heterocycles. The summed E-state index contributed by atoms with van der Waals surface area (Å²) in [5.74, 6) is 2.01. The molecule has 3 atom stereocenters. The maximum atomic E-state index is 9.19. The van der Waals surface area contributed by atoms with Crippen LogP contribution >= 0.6 is 0 Å². The molecule has 0 spiro atoms. The van der Waals surface area contributed by atoms with Crippen molar-refractivity contribution in [2.24, 2.45) is 11.8 Å². The Morgan fingerprint density at radius 1 is 1.00 bits per heavy atom. The number of hydrogen-bond acceptors (Lipinski definition) is 2. The fourth-order valence-corrected chi connectivity index (χ4v) is 4.16. The highest BCUT2D eigenvalue weighted by molar-refractivity contribution is 5.22. The molecule has 3 unspecified atom stereocenters. The first-order valence-electron chi connectivity index (χ1n) is 8.27. The van der Waals surface area contributed by atoms with E-state index in [1.165, 1.54) is 50.5 Å². The molecule has 110 valence electrons. The van der Waals surface area contributed by atoms with Crippen LogP contribution in [0.15, 0.2) is 24.3 Å². The molecule has 1 aromatic carbocycles.